The quantitative estimate of drug-likeness (QED) is 0.907. The van der Waals surface area contributed by atoms with Gasteiger partial charge in [0, 0.05) is 17.2 Å². The summed E-state index contributed by atoms with van der Waals surface area (Å²) in [5, 5.41) is 13.4. The second-order valence-corrected chi connectivity index (χ2v) is 6.04. The number of aliphatic carboxylic acids is 1. The number of benzene rings is 1. The Morgan fingerprint density at radius 1 is 1.32 bits per heavy atom. The van der Waals surface area contributed by atoms with Gasteiger partial charge in [0.1, 0.15) is 6.04 Å². The van der Waals surface area contributed by atoms with Crippen molar-refractivity contribution in [1.29, 1.82) is 0 Å². The number of aromatic nitrogens is 2. The van der Waals surface area contributed by atoms with Crippen LogP contribution in [0.4, 0.5) is 0 Å². The molecule has 7 heteroatoms. The van der Waals surface area contributed by atoms with Gasteiger partial charge in [-0.05, 0) is 37.1 Å². The Morgan fingerprint density at radius 2 is 2.14 bits per heavy atom. The lowest BCUT2D eigenvalue weighted by Gasteiger charge is -2.20. The third kappa shape index (κ3) is 2.76. The highest BCUT2D eigenvalue weighted by Gasteiger charge is 2.35. The molecule has 6 nitrogen and oxygen atoms in total. The van der Waals surface area contributed by atoms with Crippen LogP contribution in [0.5, 0.6) is 0 Å². The molecule has 1 N–H and O–H groups in total. The number of nitrogens with zero attached hydrogens (tertiary/aromatic N) is 3. The highest BCUT2D eigenvalue weighted by molar-refractivity contribution is 9.10. The minimum Gasteiger partial charge on any atom is -0.480 e. The van der Waals surface area contributed by atoms with Gasteiger partial charge in [0.05, 0.1) is 5.69 Å². The zero-order chi connectivity index (χ0) is 15.7. The number of carboxylic acid groups (broad SMARTS) is 1. The molecule has 1 aromatic carbocycles. The molecule has 1 aliphatic heterocycles. The Hall–Kier alpha value is -2.15. The smallest absolute Gasteiger partial charge is 0.326 e. The van der Waals surface area contributed by atoms with E-state index < -0.39 is 12.0 Å². The molecule has 0 saturated carbocycles. The average molecular weight is 364 g/mol. The Morgan fingerprint density at radius 3 is 2.86 bits per heavy atom. The van der Waals surface area contributed by atoms with Gasteiger partial charge in [0.25, 0.3) is 5.91 Å². The maximum atomic E-state index is 12.5. The number of hydrogen-bond acceptors (Lipinski definition) is 3. The fourth-order valence-corrected chi connectivity index (χ4v) is 3.00. The van der Waals surface area contributed by atoms with Gasteiger partial charge < -0.3 is 10.0 Å². The maximum absolute atomic E-state index is 12.5. The fraction of sp³-hybridized carbons (Fsp3) is 0.267. The van der Waals surface area contributed by atoms with Crippen LogP contribution >= 0.6 is 15.9 Å². The Labute approximate surface area is 135 Å². The molecule has 1 aliphatic rings. The molecular weight excluding hydrogens is 350 g/mol. The molecule has 0 unspecified atom stereocenters. The first kappa shape index (κ1) is 14.8. The van der Waals surface area contributed by atoms with Crippen LogP contribution in [0.25, 0.3) is 5.69 Å². The van der Waals surface area contributed by atoms with Gasteiger partial charge in [-0.25, -0.2) is 9.48 Å². The van der Waals surface area contributed by atoms with Gasteiger partial charge in [-0.2, -0.15) is 5.10 Å². The normalized spacial score (nSPS) is 17.7. The molecule has 1 aromatic heterocycles. The van der Waals surface area contributed by atoms with Gasteiger partial charge in [-0.1, -0.05) is 22.0 Å². The number of carboxylic acids is 1. The summed E-state index contributed by atoms with van der Waals surface area (Å²) >= 11 is 3.39. The minimum absolute atomic E-state index is 0.258. The van der Waals surface area contributed by atoms with Crippen LogP contribution in [0.15, 0.2) is 41.0 Å². The van der Waals surface area contributed by atoms with Crippen molar-refractivity contribution in [2.24, 2.45) is 0 Å². The molecule has 1 atom stereocenters. The fourth-order valence-electron chi connectivity index (χ4n) is 2.61. The number of carbonyl (C=O) groups is 2. The van der Waals surface area contributed by atoms with Crippen molar-refractivity contribution in [1.82, 2.24) is 14.7 Å². The summed E-state index contributed by atoms with van der Waals surface area (Å²) in [5.74, 6) is -1.30. The van der Waals surface area contributed by atoms with Crippen LogP contribution < -0.4 is 0 Å². The van der Waals surface area contributed by atoms with E-state index in [1.54, 1.807) is 16.9 Å². The zero-order valence-corrected chi connectivity index (χ0v) is 13.2. The van der Waals surface area contributed by atoms with E-state index >= 15 is 0 Å². The largest absolute Gasteiger partial charge is 0.480 e. The van der Waals surface area contributed by atoms with Crippen molar-refractivity contribution < 1.29 is 14.7 Å². The predicted octanol–water partition coefficient (Wildman–Crippen LogP) is 2.32. The number of rotatable bonds is 3. The van der Waals surface area contributed by atoms with Gasteiger partial charge in [-0.3, -0.25) is 4.79 Å². The highest BCUT2D eigenvalue weighted by Crippen LogP contribution is 2.20. The van der Waals surface area contributed by atoms with E-state index in [-0.39, 0.29) is 11.6 Å². The molecule has 22 heavy (non-hydrogen) atoms. The first-order chi connectivity index (χ1) is 10.6. The SMILES string of the molecule is O=C(O)[C@H]1CCCN1C(=O)c1ccn(-c2cccc(Br)c2)n1. The molecular formula is C15H14BrN3O3. The van der Waals surface area contributed by atoms with Gasteiger partial charge in [-0.15, -0.1) is 0 Å². The average Bonchev–Trinajstić information content (AvgIpc) is 3.16. The van der Waals surface area contributed by atoms with Crippen LogP contribution in [0.2, 0.25) is 0 Å². The molecule has 1 amide bonds. The lowest BCUT2D eigenvalue weighted by Crippen LogP contribution is -2.40. The molecule has 0 radical (unpaired) electrons. The van der Waals surface area contributed by atoms with E-state index in [1.807, 2.05) is 24.3 Å². The first-order valence-corrected chi connectivity index (χ1v) is 7.71. The summed E-state index contributed by atoms with van der Waals surface area (Å²) in [6.45, 7) is 0.458. The molecule has 2 heterocycles. The van der Waals surface area contributed by atoms with Crippen LogP contribution in [-0.4, -0.2) is 44.3 Å². The lowest BCUT2D eigenvalue weighted by atomic mass is 10.2. The number of hydrogen-bond donors (Lipinski definition) is 1. The molecule has 0 spiro atoms. The van der Waals surface area contributed by atoms with Crippen LogP contribution in [0.1, 0.15) is 23.3 Å². The standard InChI is InChI=1S/C15H14BrN3O3/c16-10-3-1-4-11(9-10)19-8-6-12(17-19)14(20)18-7-2-5-13(18)15(21)22/h1,3-4,6,8-9,13H,2,5,7H2,(H,21,22)/t13-/m1/s1. The van der Waals surface area contributed by atoms with Crippen molar-refractivity contribution in [3.63, 3.8) is 0 Å². The summed E-state index contributed by atoms with van der Waals surface area (Å²) in [6.07, 6.45) is 2.89. The van der Waals surface area contributed by atoms with E-state index in [2.05, 4.69) is 21.0 Å². The number of carbonyl (C=O) groups excluding carboxylic acids is 1. The van der Waals surface area contributed by atoms with Crippen LogP contribution in [-0.2, 0) is 4.79 Å². The summed E-state index contributed by atoms with van der Waals surface area (Å²) in [6, 6.07) is 8.41. The Balaban J connectivity index is 1.84. The number of likely N-dealkylation sites (tertiary alicyclic amines) is 1. The van der Waals surface area contributed by atoms with E-state index in [0.717, 1.165) is 10.2 Å². The van der Waals surface area contributed by atoms with Gasteiger partial charge in [0.2, 0.25) is 0 Å². The molecule has 1 fully saturated rings. The van der Waals surface area contributed by atoms with Crippen LogP contribution in [0, 0.1) is 0 Å². The zero-order valence-electron chi connectivity index (χ0n) is 11.6. The van der Waals surface area contributed by atoms with E-state index in [1.165, 1.54) is 4.90 Å². The third-order valence-corrected chi connectivity index (χ3v) is 4.17. The third-order valence-electron chi connectivity index (χ3n) is 3.68. The summed E-state index contributed by atoms with van der Waals surface area (Å²) in [5.41, 5.74) is 1.08. The van der Waals surface area contributed by atoms with E-state index in [4.69, 9.17) is 5.11 Å². The van der Waals surface area contributed by atoms with E-state index in [9.17, 15) is 9.59 Å². The number of halogens is 1. The molecule has 2 aromatic rings. The second-order valence-electron chi connectivity index (χ2n) is 5.12. The second kappa shape index (κ2) is 5.92. The monoisotopic (exact) mass is 363 g/mol. The van der Waals surface area contributed by atoms with Crippen molar-refractivity contribution in [3.8, 4) is 5.69 Å². The predicted molar refractivity (Wildman–Crippen MR) is 83.0 cm³/mol. The minimum atomic E-state index is -0.961. The maximum Gasteiger partial charge on any atom is 0.326 e. The first-order valence-electron chi connectivity index (χ1n) is 6.91. The summed E-state index contributed by atoms with van der Waals surface area (Å²) in [7, 11) is 0. The molecule has 3 rings (SSSR count). The van der Waals surface area contributed by atoms with Gasteiger partial charge >= 0.3 is 5.97 Å². The van der Waals surface area contributed by atoms with Crippen LogP contribution in [0.3, 0.4) is 0 Å². The highest BCUT2D eigenvalue weighted by atomic mass is 79.9. The van der Waals surface area contributed by atoms with E-state index in [0.29, 0.717) is 19.4 Å². The number of amides is 1. The molecule has 114 valence electrons. The molecule has 0 bridgehead atoms. The van der Waals surface area contributed by atoms with Crippen molar-refractivity contribution >= 4 is 27.8 Å². The summed E-state index contributed by atoms with van der Waals surface area (Å²) < 4.78 is 2.52. The lowest BCUT2D eigenvalue weighted by molar-refractivity contribution is -0.141. The molecule has 1 saturated heterocycles. The van der Waals surface area contributed by atoms with Crippen molar-refractivity contribution in [2.75, 3.05) is 6.54 Å². The Bertz CT molecular complexity index is 728. The molecule has 0 aliphatic carbocycles. The topological polar surface area (TPSA) is 75.4 Å². The Kier molecular flexibility index (Phi) is 3.98. The van der Waals surface area contributed by atoms with Gasteiger partial charge in [0.15, 0.2) is 5.69 Å². The van der Waals surface area contributed by atoms with Crippen molar-refractivity contribution in [3.05, 3.63) is 46.7 Å². The summed E-state index contributed by atoms with van der Waals surface area (Å²) in [4.78, 5) is 25.0. The van der Waals surface area contributed by atoms with Crippen molar-refractivity contribution in [2.45, 2.75) is 18.9 Å².